The molecular formula is C43H40N6+2. The minimum absolute atomic E-state index is 0.756. The maximum Gasteiger partial charge on any atom is 0.209 e. The third-order valence-electron chi connectivity index (χ3n) is 10.7. The van der Waals surface area contributed by atoms with Gasteiger partial charge in [-0.2, -0.15) is 4.58 Å². The van der Waals surface area contributed by atoms with Crippen molar-refractivity contribution in [3.63, 3.8) is 0 Å². The molecule has 6 nitrogen and oxygen atoms in total. The second-order valence-corrected chi connectivity index (χ2v) is 13.7. The van der Waals surface area contributed by atoms with Crippen molar-refractivity contribution in [1.82, 2.24) is 0 Å². The predicted octanol–water partition coefficient (Wildman–Crippen LogP) is 7.86. The van der Waals surface area contributed by atoms with Crippen LogP contribution < -0.4 is 9.80 Å². The van der Waals surface area contributed by atoms with Crippen LogP contribution in [0.25, 0.3) is 0 Å². The molecule has 0 radical (unpaired) electrons. The Morgan fingerprint density at radius 1 is 0.551 bits per heavy atom. The molecule has 0 aromatic heterocycles. The van der Waals surface area contributed by atoms with Gasteiger partial charge < -0.3 is 9.80 Å². The van der Waals surface area contributed by atoms with Gasteiger partial charge in [-0.25, -0.2) is 4.58 Å². The molecule has 4 aliphatic heterocycles. The quantitative estimate of drug-likeness (QED) is 0.134. The van der Waals surface area contributed by atoms with Crippen LogP contribution in [0.4, 0.5) is 22.7 Å². The van der Waals surface area contributed by atoms with Crippen LogP contribution >= 0.6 is 0 Å². The monoisotopic (exact) mass is 640 g/mol. The van der Waals surface area contributed by atoms with E-state index in [4.69, 9.17) is 10.2 Å². The molecule has 4 heterocycles. The number of hydrogen-bond acceptors (Lipinski definition) is 2. The molecule has 240 valence electrons. The molecule has 0 spiro atoms. The van der Waals surface area contributed by atoms with Gasteiger partial charge in [0.15, 0.2) is 18.0 Å². The van der Waals surface area contributed by atoms with Crippen LogP contribution in [0.3, 0.4) is 0 Å². The van der Waals surface area contributed by atoms with Gasteiger partial charge in [0.05, 0.1) is 12.8 Å². The molecule has 0 unspecified atom stereocenters. The van der Waals surface area contributed by atoms with E-state index in [-0.39, 0.29) is 0 Å². The highest BCUT2D eigenvalue weighted by Gasteiger charge is 2.35. The second-order valence-electron chi connectivity index (χ2n) is 13.7. The minimum atomic E-state index is 0.756. The summed E-state index contributed by atoms with van der Waals surface area (Å²) in [5, 5.41) is 9.68. The number of likely N-dealkylation sites (N-methyl/N-ethyl adjacent to an activating group) is 1. The Labute approximate surface area is 288 Å². The first kappa shape index (κ1) is 29.5. The van der Waals surface area contributed by atoms with Gasteiger partial charge in [-0.3, -0.25) is 0 Å². The number of anilines is 2. The molecule has 5 aromatic carbocycles. The average Bonchev–Trinajstić information content (AvgIpc) is 3.86. The smallest absolute Gasteiger partial charge is 0.209 e. The van der Waals surface area contributed by atoms with Crippen LogP contribution in [0.15, 0.2) is 132 Å². The maximum absolute atomic E-state index is 4.88. The van der Waals surface area contributed by atoms with Crippen LogP contribution in [0.2, 0.25) is 0 Å². The summed E-state index contributed by atoms with van der Waals surface area (Å²) in [6, 6.07) is 44.1. The zero-order valence-corrected chi connectivity index (χ0v) is 28.2. The third kappa shape index (κ3) is 5.38. The predicted molar refractivity (Wildman–Crippen MR) is 201 cm³/mol. The van der Waals surface area contributed by atoms with Crippen LogP contribution in [-0.2, 0) is 38.8 Å². The molecule has 0 amide bonds. The van der Waals surface area contributed by atoms with Crippen LogP contribution in [-0.4, -0.2) is 46.3 Å². The molecule has 6 heteroatoms. The molecule has 0 aliphatic carbocycles. The Bertz CT molecular complexity index is 2240. The number of amidine groups is 2. The summed E-state index contributed by atoms with van der Waals surface area (Å²) in [6.07, 6.45) is 4.61. The van der Waals surface area contributed by atoms with E-state index in [9.17, 15) is 0 Å². The van der Waals surface area contributed by atoms with Crippen LogP contribution in [0, 0.1) is 0 Å². The Morgan fingerprint density at radius 3 is 1.84 bits per heavy atom. The molecule has 5 aromatic rings. The van der Waals surface area contributed by atoms with Gasteiger partial charge >= 0.3 is 0 Å². The molecule has 9 rings (SSSR count). The highest BCUT2D eigenvalue weighted by Crippen LogP contribution is 2.34. The van der Waals surface area contributed by atoms with Gasteiger partial charge in [0.1, 0.15) is 25.1 Å². The van der Waals surface area contributed by atoms with E-state index in [0.717, 1.165) is 56.9 Å². The average molecular weight is 641 g/mol. The Morgan fingerprint density at radius 2 is 1.10 bits per heavy atom. The van der Waals surface area contributed by atoms with Gasteiger partial charge in [0.2, 0.25) is 11.4 Å². The first-order valence-corrected chi connectivity index (χ1v) is 17.3. The molecule has 49 heavy (non-hydrogen) atoms. The summed E-state index contributed by atoms with van der Waals surface area (Å²) >= 11 is 0. The van der Waals surface area contributed by atoms with Gasteiger partial charge in [-0.1, -0.05) is 97.1 Å². The van der Waals surface area contributed by atoms with Gasteiger partial charge in [-0.05, 0) is 28.8 Å². The largest absolute Gasteiger partial charge is 0.331 e. The third-order valence-corrected chi connectivity index (χ3v) is 10.7. The fourth-order valence-electron chi connectivity index (χ4n) is 8.02. The number of nitrogens with zero attached hydrogens (tertiary/aromatic N) is 6. The summed E-state index contributed by atoms with van der Waals surface area (Å²) < 4.78 is 4.97. The number of para-hydroxylation sites is 4. The van der Waals surface area contributed by atoms with Crippen molar-refractivity contribution in [2.24, 2.45) is 10.2 Å². The fraction of sp³-hybridized carbons (Fsp3) is 0.209. The van der Waals surface area contributed by atoms with Crippen LogP contribution in [0.5, 0.6) is 0 Å². The fourth-order valence-corrected chi connectivity index (χ4v) is 8.02. The van der Waals surface area contributed by atoms with E-state index in [1.165, 1.54) is 67.6 Å². The number of fused-ring (bicyclic) bond motifs is 4. The summed E-state index contributed by atoms with van der Waals surface area (Å²) in [6.45, 7) is 1.62. The zero-order chi connectivity index (χ0) is 32.9. The standard InChI is InChI=1S/C43H40N6/c1-46-36(23-32-11-3-7-15-38(32)46)27-37-24-33-12-5-9-17-40(33)48(37)28-30-19-21-31(22-20-30)29-49-41-18-10-6-14-35(41)26-43(49)45-44-42-25-34-13-4-8-16-39(34)47(42)2/h3-22H,23-29H2,1-2H3/q+2/b44-42-,45-43+. The first-order chi connectivity index (χ1) is 24.1. The first-order valence-electron chi connectivity index (χ1n) is 17.3. The van der Waals surface area contributed by atoms with Crippen LogP contribution in [0.1, 0.15) is 39.8 Å². The van der Waals surface area contributed by atoms with Gasteiger partial charge in [0.25, 0.3) is 0 Å². The van der Waals surface area contributed by atoms with Crippen molar-refractivity contribution in [2.75, 3.05) is 23.9 Å². The Balaban J connectivity index is 0.962. The number of benzene rings is 5. The normalized spacial score (nSPS) is 17.8. The lowest BCUT2D eigenvalue weighted by Crippen LogP contribution is -2.27. The van der Waals surface area contributed by atoms with Gasteiger partial charge in [-0.15, -0.1) is 10.2 Å². The summed E-state index contributed by atoms with van der Waals surface area (Å²) in [4.78, 5) is 4.50. The van der Waals surface area contributed by atoms with Crippen molar-refractivity contribution in [3.8, 4) is 0 Å². The van der Waals surface area contributed by atoms with E-state index in [2.05, 4.69) is 154 Å². The molecule has 0 atom stereocenters. The van der Waals surface area contributed by atoms with E-state index >= 15 is 0 Å². The van der Waals surface area contributed by atoms with Crippen molar-refractivity contribution >= 4 is 45.8 Å². The minimum Gasteiger partial charge on any atom is -0.331 e. The summed E-state index contributed by atoms with van der Waals surface area (Å²) in [5.41, 5.74) is 16.1. The molecule has 0 N–H and O–H groups in total. The van der Waals surface area contributed by atoms with Crippen molar-refractivity contribution in [3.05, 3.63) is 155 Å². The molecular weight excluding hydrogens is 601 g/mol. The molecule has 0 fully saturated rings. The van der Waals surface area contributed by atoms with Crippen molar-refractivity contribution < 1.29 is 9.15 Å². The Kier molecular flexibility index (Phi) is 7.30. The Hall–Kier alpha value is -5.62. The lowest BCUT2D eigenvalue weighted by atomic mass is 10.0. The van der Waals surface area contributed by atoms with Gasteiger partial charge in [0, 0.05) is 66.6 Å². The summed E-state index contributed by atoms with van der Waals surface area (Å²) in [5.74, 6) is 1.97. The topological polar surface area (TPSA) is 37.2 Å². The highest BCUT2D eigenvalue weighted by atomic mass is 15.4. The molecule has 0 bridgehead atoms. The maximum atomic E-state index is 4.88. The molecule has 4 aliphatic rings. The highest BCUT2D eigenvalue weighted by molar-refractivity contribution is 6.08. The van der Waals surface area contributed by atoms with E-state index in [1.807, 2.05) is 0 Å². The van der Waals surface area contributed by atoms with Crippen molar-refractivity contribution in [2.45, 2.75) is 45.2 Å². The zero-order valence-electron chi connectivity index (χ0n) is 28.2. The van der Waals surface area contributed by atoms with Crippen molar-refractivity contribution in [1.29, 1.82) is 0 Å². The SMILES string of the molecule is CN1/C(=N\N=C2/Cc3ccccc3N2Cc2ccc(C[N+]3=C(CC4=[N+](C)c5ccccc5C4)Cc4ccccc43)cc2)Cc2ccccc21. The lowest BCUT2D eigenvalue weighted by molar-refractivity contribution is -0.456. The summed E-state index contributed by atoms with van der Waals surface area (Å²) in [7, 11) is 4.31. The second kappa shape index (κ2) is 12.1. The van der Waals surface area contributed by atoms with E-state index < -0.39 is 0 Å². The van der Waals surface area contributed by atoms with E-state index in [1.54, 1.807) is 0 Å². The van der Waals surface area contributed by atoms with E-state index in [0.29, 0.717) is 0 Å². The molecule has 0 saturated carbocycles. The molecule has 0 saturated heterocycles. The lowest BCUT2D eigenvalue weighted by Gasteiger charge is -2.20. The number of rotatable bonds is 7. The number of hydrogen-bond donors (Lipinski definition) is 0.